The van der Waals surface area contributed by atoms with Crippen LogP contribution in [0.2, 0.25) is 0 Å². The Kier molecular flexibility index (Phi) is 7.84. The SMILES string of the molecule is COC(=O)Oc1ccc2ccn(CC(C)N)c2c1.O=C(O)/C=C\C(=O)O. The van der Waals surface area contributed by atoms with Gasteiger partial charge in [-0.25, -0.2) is 14.4 Å². The van der Waals surface area contributed by atoms with Crippen LogP contribution in [0.15, 0.2) is 42.6 Å². The van der Waals surface area contributed by atoms with Crippen LogP contribution in [0.5, 0.6) is 5.75 Å². The highest BCUT2D eigenvalue weighted by atomic mass is 16.7. The molecule has 1 aromatic heterocycles. The number of carboxylic acid groups (broad SMARTS) is 2. The maximum absolute atomic E-state index is 11.0. The van der Waals surface area contributed by atoms with E-state index < -0.39 is 18.1 Å². The third-order valence-corrected chi connectivity index (χ3v) is 2.97. The molecule has 4 N–H and O–H groups in total. The first-order valence-electron chi connectivity index (χ1n) is 7.47. The predicted octanol–water partition coefficient (Wildman–Crippen LogP) is 1.85. The molecule has 0 aliphatic heterocycles. The molecule has 9 nitrogen and oxygen atoms in total. The van der Waals surface area contributed by atoms with Crippen molar-refractivity contribution < 1.29 is 34.1 Å². The van der Waals surface area contributed by atoms with Crippen molar-refractivity contribution in [2.24, 2.45) is 5.73 Å². The maximum atomic E-state index is 11.0. The molecule has 0 spiro atoms. The summed E-state index contributed by atoms with van der Waals surface area (Å²) in [5.74, 6) is -2.06. The fraction of sp³-hybridized carbons (Fsp3) is 0.235. The van der Waals surface area contributed by atoms with Gasteiger partial charge in [-0.05, 0) is 30.5 Å². The zero-order chi connectivity index (χ0) is 19.7. The molecule has 0 aliphatic rings. The van der Waals surface area contributed by atoms with Crippen molar-refractivity contribution in [3.63, 3.8) is 0 Å². The molecule has 0 bridgehead atoms. The average Bonchev–Trinajstić information content (AvgIpc) is 2.95. The molecular weight excluding hydrogens is 344 g/mol. The summed E-state index contributed by atoms with van der Waals surface area (Å²) in [7, 11) is 1.28. The molecule has 0 fully saturated rings. The first-order chi connectivity index (χ1) is 12.2. The molecule has 1 heterocycles. The van der Waals surface area contributed by atoms with Gasteiger partial charge in [-0.2, -0.15) is 0 Å². The van der Waals surface area contributed by atoms with Gasteiger partial charge in [-0.3, -0.25) is 0 Å². The van der Waals surface area contributed by atoms with Crippen molar-refractivity contribution in [2.45, 2.75) is 19.5 Å². The fourth-order valence-electron chi connectivity index (χ4n) is 1.98. The number of nitrogens with two attached hydrogens (primary N) is 1. The minimum Gasteiger partial charge on any atom is -0.478 e. The van der Waals surface area contributed by atoms with Crippen LogP contribution in [0.1, 0.15) is 6.92 Å². The number of hydrogen-bond donors (Lipinski definition) is 3. The Hall–Kier alpha value is -3.33. The second kappa shape index (κ2) is 9.84. The molecule has 0 aliphatic carbocycles. The standard InChI is InChI=1S/C13H16N2O3.C4H4O4/c1-9(14)8-15-6-5-10-3-4-11(7-12(10)15)18-13(16)17-2;5-3(6)1-2-4(7)8/h3-7,9H,8,14H2,1-2H3;1-2H,(H,5,6)(H,7,8)/b;2-1-. The molecule has 0 amide bonds. The number of carbonyl (C=O) groups excluding carboxylic acids is 1. The number of ether oxygens (including phenoxy) is 2. The summed E-state index contributed by atoms with van der Waals surface area (Å²) in [6, 6.07) is 7.49. The van der Waals surface area contributed by atoms with Crippen LogP contribution in [0.25, 0.3) is 10.9 Å². The molecule has 0 saturated carbocycles. The van der Waals surface area contributed by atoms with E-state index in [0.29, 0.717) is 24.4 Å². The zero-order valence-electron chi connectivity index (χ0n) is 14.3. The van der Waals surface area contributed by atoms with Gasteiger partial charge in [-0.1, -0.05) is 0 Å². The maximum Gasteiger partial charge on any atom is 0.513 e. The molecule has 1 atom stereocenters. The number of aliphatic carboxylic acids is 2. The molecule has 0 saturated heterocycles. The van der Waals surface area contributed by atoms with Crippen molar-refractivity contribution in [1.29, 1.82) is 0 Å². The van der Waals surface area contributed by atoms with E-state index >= 15 is 0 Å². The third-order valence-electron chi connectivity index (χ3n) is 2.97. The van der Waals surface area contributed by atoms with E-state index in [2.05, 4.69) is 4.74 Å². The van der Waals surface area contributed by atoms with Gasteiger partial charge < -0.3 is 30.0 Å². The second-order valence-electron chi connectivity index (χ2n) is 5.23. The summed E-state index contributed by atoms with van der Waals surface area (Å²) in [5.41, 5.74) is 6.77. The van der Waals surface area contributed by atoms with Crippen LogP contribution in [0, 0.1) is 0 Å². The number of carbonyl (C=O) groups is 3. The minimum absolute atomic E-state index is 0.0609. The summed E-state index contributed by atoms with van der Waals surface area (Å²) in [6.45, 7) is 2.66. The number of carboxylic acids is 2. The monoisotopic (exact) mass is 364 g/mol. The van der Waals surface area contributed by atoms with Gasteiger partial charge in [0.05, 0.1) is 12.6 Å². The van der Waals surface area contributed by atoms with Gasteiger partial charge in [-0.15, -0.1) is 0 Å². The molecular formula is C17H20N2O7. The Labute approximate surface area is 149 Å². The fourth-order valence-corrected chi connectivity index (χ4v) is 1.98. The first-order valence-corrected chi connectivity index (χ1v) is 7.47. The molecule has 0 radical (unpaired) electrons. The Bertz CT molecular complexity index is 793. The molecule has 1 aromatic carbocycles. The lowest BCUT2D eigenvalue weighted by Gasteiger charge is -2.09. The van der Waals surface area contributed by atoms with Gasteiger partial charge >= 0.3 is 18.1 Å². The average molecular weight is 364 g/mol. The van der Waals surface area contributed by atoms with Crippen molar-refractivity contribution in [3.05, 3.63) is 42.6 Å². The van der Waals surface area contributed by atoms with Crippen molar-refractivity contribution >= 4 is 29.0 Å². The molecule has 140 valence electrons. The zero-order valence-corrected chi connectivity index (χ0v) is 14.3. The van der Waals surface area contributed by atoms with Gasteiger partial charge in [0.15, 0.2) is 0 Å². The molecule has 2 aromatic rings. The highest BCUT2D eigenvalue weighted by Crippen LogP contribution is 2.22. The Balaban J connectivity index is 0.000000359. The number of aromatic nitrogens is 1. The molecule has 26 heavy (non-hydrogen) atoms. The number of rotatable bonds is 5. The third kappa shape index (κ3) is 7.05. The lowest BCUT2D eigenvalue weighted by Crippen LogP contribution is -2.21. The Morgan fingerprint density at radius 1 is 1.19 bits per heavy atom. The van der Waals surface area contributed by atoms with E-state index in [1.54, 1.807) is 12.1 Å². The summed E-state index contributed by atoms with van der Waals surface area (Å²) >= 11 is 0. The number of hydrogen-bond acceptors (Lipinski definition) is 6. The Morgan fingerprint density at radius 3 is 2.31 bits per heavy atom. The highest BCUT2D eigenvalue weighted by molar-refractivity contribution is 5.89. The number of methoxy groups -OCH3 is 1. The van der Waals surface area contributed by atoms with E-state index in [-0.39, 0.29) is 6.04 Å². The molecule has 9 heteroatoms. The smallest absolute Gasteiger partial charge is 0.478 e. The van der Waals surface area contributed by atoms with E-state index in [9.17, 15) is 14.4 Å². The number of benzene rings is 1. The van der Waals surface area contributed by atoms with Crippen LogP contribution in [-0.2, 0) is 20.9 Å². The number of nitrogens with zero attached hydrogens (tertiary/aromatic N) is 1. The minimum atomic E-state index is -1.26. The first kappa shape index (κ1) is 20.7. The highest BCUT2D eigenvalue weighted by Gasteiger charge is 2.07. The van der Waals surface area contributed by atoms with Crippen LogP contribution >= 0.6 is 0 Å². The lowest BCUT2D eigenvalue weighted by atomic mass is 10.2. The summed E-state index contributed by atoms with van der Waals surface area (Å²) in [5, 5.41) is 16.7. The normalized spacial score (nSPS) is 11.5. The predicted molar refractivity (Wildman–Crippen MR) is 93.0 cm³/mol. The number of fused-ring (bicyclic) bond motifs is 1. The van der Waals surface area contributed by atoms with Gasteiger partial charge in [0, 0.05) is 37.0 Å². The van der Waals surface area contributed by atoms with Crippen molar-refractivity contribution in [2.75, 3.05) is 7.11 Å². The van der Waals surface area contributed by atoms with Gasteiger partial charge in [0.25, 0.3) is 0 Å². The van der Waals surface area contributed by atoms with E-state index in [1.807, 2.05) is 29.8 Å². The van der Waals surface area contributed by atoms with Crippen LogP contribution in [0.4, 0.5) is 4.79 Å². The van der Waals surface area contributed by atoms with Gasteiger partial charge in [0.1, 0.15) is 5.75 Å². The molecule has 2 rings (SSSR count). The second-order valence-corrected chi connectivity index (χ2v) is 5.23. The summed E-state index contributed by atoms with van der Waals surface area (Å²) in [6.07, 6.45) is 2.36. The van der Waals surface area contributed by atoms with Crippen LogP contribution < -0.4 is 10.5 Å². The quantitative estimate of drug-likeness (QED) is 0.414. The van der Waals surface area contributed by atoms with Crippen LogP contribution in [-0.4, -0.2) is 46.0 Å². The van der Waals surface area contributed by atoms with E-state index in [0.717, 1.165) is 10.9 Å². The topological polar surface area (TPSA) is 141 Å². The van der Waals surface area contributed by atoms with Gasteiger partial charge in [0.2, 0.25) is 0 Å². The summed E-state index contributed by atoms with van der Waals surface area (Å²) in [4.78, 5) is 30.2. The Morgan fingerprint density at radius 2 is 1.81 bits per heavy atom. The van der Waals surface area contributed by atoms with Crippen LogP contribution in [0.3, 0.4) is 0 Å². The lowest BCUT2D eigenvalue weighted by molar-refractivity contribution is -0.134. The van der Waals surface area contributed by atoms with E-state index in [4.69, 9.17) is 20.7 Å². The van der Waals surface area contributed by atoms with Crippen molar-refractivity contribution in [1.82, 2.24) is 4.57 Å². The molecule has 1 unspecified atom stereocenters. The van der Waals surface area contributed by atoms with E-state index in [1.165, 1.54) is 7.11 Å². The van der Waals surface area contributed by atoms with Crippen molar-refractivity contribution in [3.8, 4) is 5.75 Å². The summed E-state index contributed by atoms with van der Waals surface area (Å²) < 4.78 is 11.5. The largest absolute Gasteiger partial charge is 0.513 e.